The molecular formula is C12H21N3O. The number of hydrogen-bond acceptors (Lipinski definition) is 3. The fraction of sp³-hybridized carbons (Fsp3) is 0.750. The van der Waals surface area contributed by atoms with Gasteiger partial charge in [-0.05, 0) is 26.8 Å². The summed E-state index contributed by atoms with van der Waals surface area (Å²) in [5.41, 5.74) is 1.16. The first kappa shape index (κ1) is 11.6. The van der Waals surface area contributed by atoms with Gasteiger partial charge in [0, 0.05) is 37.5 Å². The molecule has 1 aromatic heterocycles. The van der Waals surface area contributed by atoms with Gasteiger partial charge in [-0.1, -0.05) is 0 Å². The van der Waals surface area contributed by atoms with Crippen LogP contribution in [0.3, 0.4) is 0 Å². The van der Waals surface area contributed by atoms with Crippen molar-refractivity contribution >= 4 is 0 Å². The molecule has 4 nitrogen and oxygen atoms in total. The van der Waals surface area contributed by atoms with Crippen molar-refractivity contribution in [2.75, 3.05) is 32.8 Å². The molecule has 0 radical (unpaired) electrons. The van der Waals surface area contributed by atoms with Crippen LogP contribution in [0, 0.1) is 6.92 Å². The number of hydrogen-bond donors (Lipinski definition) is 1. The average molecular weight is 223 g/mol. The van der Waals surface area contributed by atoms with Gasteiger partial charge in [-0.25, -0.2) is 4.98 Å². The lowest BCUT2D eigenvalue weighted by molar-refractivity contribution is 0.121. The molecule has 2 rings (SSSR count). The molecule has 0 aliphatic carbocycles. The third-order valence-corrected chi connectivity index (χ3v) is 3.14. The molecule has 1 atom stereocenters. The lowest BCUT2D eigenvalue weighted by Gasteiger charge is -2.14. The van der Waals surface area contributed by atoms with Crippen LogP contribution < -0.4 is 0 Å². The van der Waals surface area contributed by atoms with Crippen LogP contribution in [0.15, 0.2) is 6.20 Å². The number of aromatic amines is 1. The van der Waals surface area contributed by atoms with Gasteiger partial charge in [-0.15, -0.1) is 0 Å². The van der Waals surface area contributed by atoms with Crippen molar-refractivity contribution in [2.45, 2.75) is 26.2 Å². The molecule has 0 saturated carbocycles. The minimum Gasteiger partial charge on any atom is -0.380 e. The second kappa shape index (κ2) is 5.46. The van der Waals surface area contributed by atoms with Crippen LogP contribution in [-0.2, 0) is 4.74 Å². The van der Waals surface area contributed by atoms with Gasteiger partial charge in [0.25, 0.3) is 0 Å². The predicted molar refractivity (Wildman–Crippen MR) is 63.6 cm³/mol. The number of rotatable bonds is 5. The monoisotopic (exact) mass is 223 g/mol. The summed E-state index contributed by atoms with van der Waals surface area (Å²) in [4.78, 5) is 10.2. The molecule has 1 saturated heterocycles. The fourth-order valence-corrected chi connectivity index (χ4v) is 2.24. The lowest BCUT2D eigenvalue weighted by atomic mass is 10.1. The van der Waals surface area contributed by atoms with Crippen molar-refractivity contribution in [1.82, 2.24) is 14.9 Å². The average Bonchev–Trinajstić information content (AvgIpc) is 2.87. The number of ether oxygens (including phenoxy) is 1. The highest BCUT2D eigenvalue weighted by atomic mass is 16.5. The highest BCUT2D eigenvalue weighted by Gasteiger charge is 2.25. The maximum atomic E-state index is 5.38. The van der Waals surface area contributed by atoms with E-state index in [1.807, 2.05) is 13.1 Å². The van der Waals surface area contributed by atoms with E-state index in [1.165, 1.54) is 6.42 Å². The number of imidazole rings is 1. The van der Waals surface area contributed by atoms with Gasteiger partial charge in [0.05, 0.1) is 6.61 Å². The topological polar surface area (TPSA) is 41.1 Å². The second-order valence-electron chi connectivity index (χ2n) is 4.43. The summed E-state index contributed by atoms with van der Waals surface area (Å²) in [7, 11) is 0. The zero-order valence-electron chi connectivity index (χ0n) is 10.2. The van der Waals surface area contributed by atoms with Crippen molar-refractivity contribution in [3.8, 4) is 0 Å². The van der Waals surface area contributed by atoms with Crippen LogP contribution >= 0.6 is 0 Å². The van der Waals surface area contributed by atoms with Crippen molar-refractivity contribution < 1.29 is 4.74 Å². The first-order chi connectivity index (χ1) is 7.79. The van der Waals surface area contributed by atoms with Crippen molar-refractivity contribution in [3.05, 3.63) is 17.7 Å². The lowest BCUT2D eigenvalue weighted by Crippen LogP contribution is -2.25. The molecule has 90 valence electrons. The van der Waals surface area contributed by atoms with Gasteiger partial charge in [0.15, 0.2) is 0 Å². The van der Waals surface area contributed by atoms with Gasteiger partial charge in [0.1, 0.15) is 5.82 Å². The van der Waals surface area contributed by atoms with Gasteiger partial charge in [0.2, 0.25) is 0 Å². The van der Waals surface area contributed by atoms with Gasteiger partial charge in [-0.3, -0.25) is 0 Å². The molecule has 0 spiro atoms. The van der Waals surface area contributed by atoms with Crippen LogP contribution in [0.1, 0.15) is 30.8 Å². The van der Waals surface area contributed by atoms with E-state index in [-0.39, 0.29) is 0 Å². The summed E-state index contributed by atoms with van der Waals surface area (Å²) in [6.07, 6.45) is 3.12. The van der Waals surface area contributed by atoms with E-state index in [0.717, 1.165) is 44.4 Å². The molecule has 1 N–H and O–H groups in total. The summed E-state index contributed by atoms with van der Waals surface area (Å²) >= 11 is 0. The predicted octanol–water partition coefficient (Wildman–Crippen LogP) is 1.54. The molecule has 1 fully saturated rings. The molecule has 16 heavy (non-hydrogen) atoms. The molecule has 1 aliphatic rings. The number of nitrogens with zero attached hydrogens (tertiary/aromatic N) is 2. The normalized spacial score (nSPS) is 21.8. The van der Waals surface area contributed by atoms with E-state index in [4.69, 9.17) is 4.74 Å². The molecule has 1 aromatic rings. The zero-order chi connectivity index (χ0) is 11.4. The highest BCUT2D eigenvalue weighted by molar-refractivity contribution is 5.06. The third-order valence-electron chi connectivity index (χ3n) is 3.14. The van der Waals surface area contributed by atoms with Crippen molar-refractivity contribution in [1.29, 1.82) is 0 Å². The Morgan fingerprint density at radius 3 is 3.19 bits per heavy atom. The summed E-state index contributed by atoms with van der Waals surface area (Å²) in [6, 6.07) is 0. The largest absolute Gasteiger partial charge is 0.380 e. The molecule has 0 bridgehead atoms. The smallest absolute Gasteiger partial charge is 0.110 e. The second-order valence-corrected chi connectivity index (χ2v) is 4.43. The quantitative estimate of drug-likeness (QED) is 0.770. The minimum absolute atomic E-state index is 0.579. The van der Waals surface area contributed by atoms with Crippen LogP contribution in [-0.4, -0.2) is 47.7 Å². The number of H-pyrrole nitrogens is 1. The van der Waals surface area contributed by atoms with Crippen LogP contribution in [0.5, 0.6) is 0 Å². The van der Waals surface area contributed by atoms with E-state index < -0.39 is 0 Å². The van der Waals surface area contributed by atoms with Crippen LogP contribution in [0.2, 0.25) is 0 Å². The van der Waals surface area contributed by atoms with Crippen LogP contribution in [0.25, 0.3) is 0 Å². The van der Waals surface area contributed by atoms with Crippen molar-refractivity contribution in [3.63, 3.8) is 0 Å². The molecule has 1 aliphatic heterocycles. The maximum absolute atomic E-state index is 5.38. The van der Waals surface area contributed by atoms with Crippen LogP contribution in [0.4, 0.5) is 0 Å². The molecule has 0 unspecified atom stereocenters. The Hall–Kier alpha value is -0.870. The summed E-state index contributed by atoms with van der Waals surface area (Å²) in [5.74, 6) is 1.73. The summed E-state index contributed by atoms with van der Waals surface area (Å²) in [5, 5.41) is 0. The Bertz CT molecular complexity index is 324. The third kappa shape index (κ3) is 2.83. The Labute approximate surface area is 97.0 Å². The van der Waals surface area contributed by atoms with E-state index in [1.54, 1.807) is 0 Å². The fourth-order valence-electron chi connectivity index (χ4n) is 2.24. The minimum atomic E-state index is 0.579. The molecule has 0 amide bonds. The SMILES string of the molecule is CCOCCN1CC[C@@H](c2ncc(C)[nH]2)C1. The zero-order valence-corrected chi connectivity index (χ0v) is 10.2. The Morgan fingerprint density at radius 2 is 2.50 bits per heavy atom. The Morgan fingerprint density at radius 1 is 1.62 bits per heavy atom. The molecule has 4 heteroatoms. The summed E-state index contributed by atoms with van der Waals surface area (Å²) in [6.45, 7) is 9.08. The van der Waals surface area contributed by atoms with E-state index in [9.17, 15) is 0 Å². The molecule has 0 aromatic carbocycles. The highest BCUT2D eigenvalue weighted by Crippen LogP contribution is 2.24. The van der Waals surface area contributed by atoms with Gasteiger partial charge in [-0.2, -0.15) is 0 Å². The summed E-state index contributed by atoms with van der Waals surface area (Å²) < 4.78 is 5.38. The van der Waals surface area contributed by atoms with E-state index >= 15 is 0 Å². The first-order valence-electron chi connectivity index (χ1n) is 6.11. The number of likely N-dealkylation sites (tertiary alicyclic amines) is 1. The van der Waals surface area contributed by atoms with Crippen molar-refractivity contribution in [2.24, 2.45) is 0 Å². The number of aryl methyl sites for hydroxylation is 1. The number of nitrogens with one attached hydrogen (secondary N) is 1. The first-order valence-corrected chi connectivity index (χ1v) is 6.11. The maximum Gasteiger partial charge on any atom is 0.110 e. The van der Waals surface area contributed by atoms with E-state index in [2.05, 4.69) is 21.8 Å². The molecular weight excluding hydrogens is 202 g/mol. The standard InChI is InChI=1S/C12H21N3O/c1-3-16-7-6-15-5-4-11(9-15)12-13-8-10(2)14-12/h8,11H,3-7,9H2,1-2H3,(H,13,14)/t11-/m1/s1. The van der Waals surface area contributed by atoms with Gasteiger partial charge >= 0.3 is 0 Å². The van der Waals surface area contributed by atoms with Gasteiger partial charge < -0.3 is 14.6 Å². The number of aromatic nitrogens is 2. The van der Waals surface area contributed by atoms with E-state index in [0.29, 0.717) is 5.92 Å². The Kier molecular flexibility index (Phi) is 3.96. The molecule has 2 heterocycles. The Balaban J connectivity index is 1.79.